The third-order valence-corrected chi connectivity index (χ3v) is 7.04. The number of nitrogens with two attached hydrogens (primary N) is 3. The maximum absolute atomic E-state index is 8.80. The minimum atomic E-state index is -1.60. The third-order valence-electron chi connectivity index (χ3n) is 5.02. The second kappa shape index (κ2) is 47.9. The molecule has 11 N–H and O–H groups in total. The molecule has 0 spiro atoms. The van der Waals surface area contributed by atoms with Crippen molar-refractivity contribution >= 4 is 23.7 Å². The molecule has 0 bridgehead atoms. The molecular weight excluding hydrogens is 1190 g/mol. The summed E-state index contributed by atoms with van der Waals surface area (Å²) in [6.45, 7) is 57.4. The molecule has 1 fully saturated rings. The van der Waals surface area contributed by atoms with E-state index in [1.165, 1.54) is 6.92 Å². The van der Waals surface area contributed by atoms with Gasteiger partial charge in [-0.15, -0.1) is 29.3 Å². The van der Waals surface area contributed by atoms with E-state index in [0.29, 0.717) is 0 Å². The van der Waals surface area contributed by atoms with Gasteiger partial charge < -0.3 is 139 Å². The van der Waals surface area contributed by atoms with Crippen LogP contribution < -0.4 is 22.4 Å². The number of ether oxygens (including phenoxy) is 1. The van der Waals surface area contributed by atoms with E-state index in [2.05, 4.69) is 118 Å². The molecule has 1 rings (SSSR count). The molecule has 1 aliphatic heterocycles. The summed E-state index contributed by atoms with van der Waals surface area (Å²) in [6, 6.07) is -2.03. The normalized spacial score (nSPS) is 19.4. The number of aliphatic hydroxyl groups is 3. The Morgan fingerprint density at radius 1 is 0.764 bits per heavy atom. The van der Waals surface area contributed by atoms with Gasteiger partial charge in [-0.2, -0.15) is 0 Å². The molecule has 1 heterocycles. The Bertz CT molecular complexity index is 836. The van der Waals surface area contributed by atoms with Gasteiger partial charge in [0.05, 0.1) is 0 Å². The Hall–Kier alpha value is 5.99. The Labute approximate surface area is 491 Å². The van der Waals surface area contributed by atoms with Crippen molar-refractivity contribution < 1.29 is 230 Å². The number of hydrogen-bond donors (Lipinski definition) is 8. The predicted molar refractivity (Wildman–Crippen MR) is 210 cm³/mol. The van der Waals surface area contributed by atoms with E-state index < -0.39 is 65.7 Å². The monoisotopic (exact) mass is 1260 g/mol. The van der Waals surface area contributed by atoms with Gasteiger partial charge in [-0.3, -0.25) is 0 Å². The SMILES string of the molecule is [CH2-]C(NB(C)O)[C@H]([CH2-])O.[CH2-]C1OC1[CH2-].[CH2-][C@H](N)C([CH2-])(C)O.[CH2-][C@H](N)[C@H]([CH2-])O.[CH2-][C@H](N)[C@H]([CH2-])O[Si](C)(C)C.[CH2-][C@H](N=[N+]=[N-])[C@H]([CH2-])O[Si](C)(C)C.[Y].[Y].[Y].[Y].[Y].[Y]. The standard InChI is InChI=1S/C7H15N3OSi.C7H17NOSi.C5H12BNO2.C5H11NO.C4H9NO.C4H6O.6Y/c1-6(9-10-8)7(2)11-12(3,4)5;1-6(8)7(2)9-10(3,4)5;1-4(5(2)8)7-6(3)9;1-4(6)5(2,3)7;1-3(5)4(2)6;1-3-4(2)5-3;;;;;;/h6-7H,1-2H2,3-5H3;6-7H,1-2,8H2,3-5H3;4-5,7-9H,1-2H2,3H3;4,7H,1-2,6H2,3H3;3-4,6H,1-2,5H2;3-4H,1-2H2;;;;;;/q6*-2;;;;;;/t2*6-,7-;4?,5-;4-,5?;3-,4-;;;;;;;/m00000......./s1. The molecule has 0 amide bonds. The summed E-state index contributed by atoms with van der Waals surface area (Å²) in [5.74, 6) is 0. The summed E-state index contributed by atoms with van der Waals surface area (Å²) in [7, 11) is -3.71. The molecule has 12 atom stereocenters. The van der Waals surface area contributed by atoms with Crippen LogP contribution in [0.2, 0.25) is 46.1 Å². The Morgan fingerprint density at radius 3 is 1.15 bits per heavy atom. The Morgan fingerprint density at radius 2 is 1.04 bits per heavy atom. The molecule has 316 valence electrons. The van der Waals surface area contributed by atoms with E-state index in [9.17, 15) is 0 Å². The van der Waals surface area contributed by atoms with Crippen LogP contribution in [0.15, 0.2) is 5.11 Å². The summed E-state index contributed by atoms with van der Waals surface area (Å²) >= 11 is 0. The van der Waals surface area contributed by atoms with Crippen molar-refractivity contribution in [3.05, 3.63) is 93.5 Å². The average Bonchev–Trinajstić information content (AvgIpc) is 3.53. The van der Waals surface area contributed by atoms with Crippen LogP contribution in [0.4, 0.5) is 0 Å². The number of hydrogen-bond acceptors (Lipinski definition) is 12. The Balaban J connectivity index is -0.0000000468. The smallest absolute Gasteiger partial charge is 0.371 e. The van der Waals surface area contributed by atoms with Crippen molar-refractivity contribution in [3.8, 4) is 0 Å². The van der Waals surface area contributed by atoms with Crippen LogP contribution in [0.25, 0.3) is 10.4 Å². The topological polar surface area (TPSA) is 251 Å². The van der Waals surface area contributed by atoms with Gasteiger partial charge in [0, 0.05) is 196 Å². The molecule has 0 saturated carbocycles. The summed E-state index contributed by atoms with van der Waals surface area (Å²) < 4.78 is 15.8. The van der Waals surface area contributed by atoms with Crippen LogP contribution in [-0.4, -0.2) is 116 Å². The van der Waals surface area contributed by atoms with Gasteiger partial charge in [0.25, 0.3) is 0 Å². The molecule has 1 aliphatic rings. The molecule has 4 unspecified atom stereocenters. The fourth-order valence-electron chi connectivity index (χ4n) is 1.81. The fraction of sp³-hybridized carbons (Fsp3) is 0.625. The van der Waals surface area contributed by atoms with Gasteiger partial charge in [-0.25, -0.2) is 0 Å². The Kier molecular flexibility index (Phi) is 76.6. The predicted octanol–water partition coefficient (Wildman–Crippen LogP) is 2.32. The van der Waals surface area contributed by atoms with E-state index in [0.717, 1.165) is 0 Å². The van der Waals surface area contributed by atoms with E-state index in [-0.39, 0.29) is 227 Å². The molecule has 0 aromatic heterocycles. The van der Waals surface area contributed by atoms with Gasteiger partial charge in [-0.05, 0) is 56.5 Å². The second-order valence-corrected chi connectivity index (χ2v) is 22.3. The van der Waals surface area contributed by atoms with Crippen LogP contribution in [-0.2, 0) is 210 Å². The van der Waals surface area contributed by atoms with Gasteiger partial charge >= 0.3 is 7.05 Å². The largest absolute Gasteiger partial charge is 0.448 e. The molecule has 14 nitrogen and oxygen atoms in total. The van der Waals surface area contributed by atoms with Crippen molar-refractivity contribution in [2.24, 2.45) is 22.3 Å². The zero-order chi connectivity index (χ0) is 40.7. The quantitative estimate of drug-likeness (QED) is 0.0352. The van der Waals surface area contributed by atoms with E-state index in [4.69, 9.17) is 56.7 Å². The number of epoxide rings is 1. The first-order valence-corrected chi connectivity index (χ1v) is 22.3. The number of nitrogens with zero attached hydrogens (tertiary/aromatic N) is 3. The van der Waals surface area contributed by atoms with Crippen molar-refractivity contribution in [3.63, 3.8) is 0 Å². The van der Waals surface area contributed by atoms with E-state index in [1.54, 1.807) is 6.82 Å². The van der Waals surface area contributed by atoms with Crippen molar-refractivity contribution in [1.82, 2.24) is 5.23 Å². The first kappa shape index (κ1) is 87.8. The molecule has 23 heteroatoms. The molecule has 55 heavy (non-hydrogen) atoms. The molecular formula is C32H70BN7O7Si2Y6-12. The molecule has 0 aliphatic carbocycles. The minimum Gasteiger partial charge on any atom is -0.448 e. The first-order valence-electron chi connectivity index (χ1n) is 15.5. The van der Waals surface area contributed by atoms with E-state index >= 15 is 0 Å². The van der Waals surface area contributed by atoms with Gasteiger partial charge in [0.1, 0.15) is 0 Å². The van der Waals surface area contributed by atoms with Crippen LogP contribution in [0.5, 0.6) is 0 Å². The van der Waals surface area contributed by atoms with Crippen molar-refractivity contribution in [2.75, 3.05) is 0 Å². The first-order chi connectivity index (χ1) is 21.6. The number of rotatable bonds is 12. The summed E-state index contributed by atoms with van der Waals surface area (Å²) in [5.41, 5.74) is 22.7. The van der Waals surface area contributed by atoms with Gasteiger partial charge in [0.15, 0.2) is 16.6 Å². The zero-order valence-corrected chi connectivity index (χ0v) is 54.0. The van der Waals surface area contributed by atoms with Crippen molar-refractivity contribution in [1.29, 1.82) is 0 Å². The summed E-state index contributed by atoms with van der Waals surface area (Å²) in [6.07, 6.45) is -1.63. The maximum atomic E-state index is 8.80. The van der Waals surface area contributed by atoms with Crippen LogP contribution >= 0.6 is 0 Å². The van der Waals surface area contributed by atoms with E-state index in [1.807, 2.05) is 19.6 Å². The molecule has 0 aromatic rings. The molecule has 0 aromatic carbocycles. The molecule has 1 saturated heterocycles. The number of nitrogens with one attached hydrogen (secondary N) is 1. The van der Waals surface area contributed by atoms with Crippen LogP contribution in [0.1, 0.15) is 6.92 Å². The average molecular weight is 1270 g/mol. The van der Waals surface area contributed by atoms with Gasteiger partial charge in [0.2, 0.25) is 0 Å². The van der Waals surface area contributed by atoms with Gasteiger partial charge in [-0.1, -0.05) is 55.2 Å². The zero-order valence-electron chi connectivity index (χ0n) is 35.0. The summed E-state index contributed by atoms with van der Waals surface area (Å²) in [5, 5.41) is 40.5. The van der Waals surface area contributed by atoms with Crippen LogP contribution in [0, 0.1) is 83.1 Å². The number of aliphatic hydroxyl groups excluding tert-OH is 2. The summed E-state index contributed by atoms with van der Waals surface area (Å²) in [4.78, 5) is 2.64. The van der Waals surface area contributed by atoms with Crippen LogP contribution in [0.3, 0.4) is 0 Å². The minimum absolute atomic E-state index is 0. The van der Waals surface area contributed by atoms with Crippen molar-refractivity contribution in [2.45, 2.75) is 125 Å². The third kappa shape index (κ3) is 77.6. The maximum Gasteiger partial charge on any atom is 0.371 e. The fourth-order valence-corrected chi connectivity index (χ4v) is 3.96. The molecule has 6 radical (unpaired) electrons. The second-order valence-electron chi connectivity index (χ2n) is 13.4. The number of azide groups is 1.